The van der Waals surface area contributed by atoms with Crippen LogP contribution in [-0.4, -0.2) is 7.85 Å². The molecule has 0 aromatic heterocycles. The molecule has 0 aliphatic carbocycles. The van der Waals surface area contributed by atoms with Gasteiger partial charge in [-0.15, -0.1) is 0 Å². The molecule has 0 saturated carbocycles. The quantitative estimate of drug-likeness (QED) is 0.409. The zero-order valence-electron chi connectivity index (χ0n) is 2.65. The van der Waals surface area contributed by atoms with Crippen molar-refractivity contribution in [3.8, 4) is 0 Å². The van der Waals surface area contributed by atoms with Crippen molar-refractivity contribution < 1.29 is 33.3 Å². The van der Waals surface area contributed by atoms with Gasteiger partial charge in [-0.2, -0.15) is 0 Å². The number of hydrogen-bond acceptors (Lipinski definition) is 0. The Kier molecular flexibility index (Phi) is 165. The van der Waals surface area contributed by atoms with Crippen LogP contribution in [0.2, 0.25) is 6.82 Å². The van der Waals surface area contributed by atoms with Crippen molar-refractivity contribution in [2.45, 2.75) is 6.82 Å². The normalized spacial score (nSPS) is 1.25. The summed E-state index contributed by atoms with van der Waals surface area (Å²) >= 11 is 0. The fourth-order valence-electron chi connectivity index (χ4n) is 0. The molecule has 0 aromatic carbocycles. The largest absolute Gasteiger partial charge is 0.0973 e. The van der Waals surface area contributed by atoms with Crippen LogP contribution in [-0.2, 0) is 33.3 Å². The van der Waals surface area contributed by atoms with E-state index in [4.69, 9.17) is 0 Å². The van der Waals surface area contributed by atoms with Gasteiger partial charge in [0.05, 0.1) is 7.85 Å². The molecular formula is CH5BCoNi. The Morgan fingerprint density at radius 3 is 1.25 bits per heavy atom. The molecule has 0 aromatic rings. The fourth-order valence-corrected chi connectivity index (χ4v) is 0. The van der Waals surface area contributed by atoms with E-state index in [2.05, 4.69) is 0 Å². The van der Waals surface area contributed by atoms with E-state index in [0.29, 0.717) is 0 Å². The van der Waals surface area contributed by atoms with Gasteiger partial charge in [0.15, 0.2) is 0 Å². The topological polar surface area (TPSA) is 0 Å². The molecule has 1 radical (unpaired) electrons. The van der Waals surface area contributed by atoms with Crippen LogP contribution in [0.4, 0.5) is 0 Å². The van der Waals surface area contributed by atoms with Crippen LogP contribution >= 0.6 is 0 Å². The van der Waals surface area contributed by atoms with Crippen LogP contribution in [0.25, 0.3) is 0 Å². The van der Waals surface area contributed by atoms with Crippen LogP contribution in [0.15, 0.2) is 0 Å². The first-order valence-electron chi connectivity index (χ1n) is 1.00. The van der Waals surface area contributed by atoms with Gasteiger partial charge in [0, 0.05) is 33.3 Å². The SMILES string of the molecule is BC.[Co].[Ni]. The van der Waals surface area contributed by atoms with Crippen LogP contribution in [0.3, 0.4) is 0 Å². The van der Waals surface area contributed by atoms with Crippen molar-refractivity contribution in [3.05, 3.63) is 0 Å². The molecule has 0 rings (SSSR count). The first-order chi connectivity index (χ1) is 1.00. The fraction of sp³-hybridized carbons (Fsp3) is 1.00. The summed E-state index contributed by atoms with van der Waals surface area (Å²) < 4.78 is 0. The summed E-state index contributed by atoms with van der Waals surface area (Å²) in [6.07, 6.45) is 0. The van der Waals surface area contributed by atoms with Gasteiger partial charge in [-0.3, -0.25) is 0 Å². The molecule has 0 aliphatic rings. The van der Waals surface area contributed by atoms with Crippen LogP contribution < -0.4 is 0 Å². The van der Waals surface area contributed by atoms with Crippen molar-refractivity contribution in [2.24, 2.45) is 0 Å². The average Bonchev–Trinajstić information content (AvgIpc) is 1.00. The Balaban J connectivity index is -0.00000000500. The van der Waals surface area contributed by atoms with Crippen molar-refractivity contribution in [2.75, 3.05) is 0 Å². The van der Waals surface area contributed by atoms with Gasteiger partial charge >= 0.3 is 0 Å². The Hall–Kier alpha value is 1.06. The van der Waals surface area contributed by atoms with Crippen molar-refractivity contribution in [1.29, 1.82) is 0 Å². The molecule has 0 aliphatic heterocycles. The number of rotatable bonds is 0. The summed E-state index contributed by atoms with van der Waals surface area (Å²) in [7, 11) is 2.00. The second-order valence-corrected chi connectivity index (χ2v) is 0. The Morgan fingerprint density at radius 1 is 1.25 bits per heavy atom. The molecule has 0 unspecified atom stereocenters. The Bertz CT molecular complexity index is 8.00. The minimum atomic E-state index is 0. The van der Waals surface area contributed by atoms with E-state index in [9.17, 15) is 0 Å². The molecule has 31 valence electrons. The molecule has 0 nitrogen and oxygen atoms in total. The zero-order valence-corrected chi connectivity index (χ0v) is 4.68. The van der Waals surface area contributed by atoms with Crippen molar-refractivity contribution in [3.63, 3.8) is 0 Å². The maximum Gasteiger partial charge on any atom is 0.0973 e. The smallest absolute Gasteiger partial charge is 0.0927 e. The standard InChI is InChI=1S/CH5B.Co.Ni/c1-2;;/h2H2,1H3;;. The van der Waals surface area contributed by atoms with Crippen molar-refractivity contribution in [1.82, 2.24) is 0 Å². The molecule has 0 amide bonds. The maximum atomic E-state index is 2.00. The molecule has 0 spiro atoms. The molecule has 0 atom stereocenters. The molecule has 0 N–H and O–H groups in total. The first kappa shape index (κ1) is 19.6. The molecule has 0 heterocycles. The molecule has 0 bridgehead atoms. The van der Waals surface area contributed by atoms with E-state index < -0.39 is 0 Å². The van der Waals surface area contributed by atoms with Gasteiger partial charge in [0.1, 0.15) is 0 Å². The second-order valence-electron chi connectivity index (χ2n) is 0. The van der Waals surface area contributed by atoms with Crippen LogP contribution in [0, 0.1) is 0 Å². The second kappa shape index (κ2) is 33.7. The summed E-state index contributed by atoms with van der Waals surface area (Å²) in [5.74, 6) is 0. The van der Waals surface area contributed by atoms with E-state index in [-0.39, 0.29) is 33.3 Å². The van der Waals surface area contributed by atoms with E-state index in [1.165, 1.54) is 0 Å². The average molecular weight is 145 g/mol. The van der Waals surface area contributed by atoms with E-state index >= 15 is 0 Å². The van der Waals surface area contributed by atoms with E-state index in [1.54, 1.807) is 0 Å². The van der Waals surface area contributed by atoms with Gasteiger partial charge in [-0.25, -0.2) is 0 Å². The third kappa shape index (κ3) is 11.5. The number of hydrogen-bond donors (Lipinski definition) is 0. The summed E-state index contributed by atoms with van der Waals surface area (Å²) in [6, 6.07) is 0. The molecule has 3 heteroatoms. The van der Waals surface area contributed by atoms with E-state index in [1.807, 2.05) is 14.7 Å². The van der Waals surface area contributed by atoms with Gasteiger partial charge in [0.25, 0.3) is 0 Å². The summed E-state index contributed by atoms with van der Waals surface area (Å²) in [5, 5.41) is 0. The maximum absolute atomic E-state index is 2.00. The van der Waals surface area contributed by atoms with Crippen molar-refractivity contribution >= 4 is 7.85 Å². The zero-order chi connectivity index (χ0) is 2.00. The van der Waals surface area contributed by atoms with Gasteiger partial charge in [-0.05, 0) is 0 Å². The molecule has 0 fully saturated rings. The predicted molar refractivity (Wildman–Crippen MR) is 14.4 cm³/mol. The minimum Gasteiger partial charge on any atom is -0.0927 e. The third-order valence-electron chi connectivity index (χ3n) is 0. The molecule has 4 heavy (non-hydrogen) atoms. The van der Waals surface area contributed by atoms with Gasteiger partial charge in [0.2, 0.25) is 0 Å². The molecule has 0 saturated heterocycles. The summed E-state index contributed by atoms with van der Waals surface area (Å²) in [6.45, 7) is 2.00. The Morgan fingerprint density at radius 2 is 1.25 bits per heavy atom. The monoisotopic (exact) mass is 145 g/mol. The van der Waals surface area contributed by atoms with E-state index in [0.717, 1.165) is 0 Å². The van der Waals surface area contributed by atoms with Crippen LogP contribution in [0.5, 0.6) is 0 Å². The molecular weight excluding hydrogens is 140 g/mol. The van der Waals surface area contributed by atoms with Gasteiger partial charge < -0.3 is 0 Å². The van der Waals surface area contributed by atoms with Crippen LogP contribution in [0.1, 0.15) is 0 Å². The third-order valence-corrected chi connectivity index (χ3v) is 0. The summed E-state index contributed by atoms with van der Waals surface area (Å²) in [5.41, 5.74) is 0. The Labute approximate surface area is 48.3 Å². The first-order valence-corrected chi connectivity index (χ1v) is 1.00. The minimum absolute atomic E-state index is 0. The summed E-state index contributed by atoms with van der Waals surface area (Å²) in [4.78, 5) is 0. The van der Waals surface area contributed by atoms with Gasteiger partial charge in [-0.1, -0.05) is 6.82 Å². The predicted octanol–water partition coefficient (Wildman–Crippen LogP) is -0.337.